The minimum Gasteiger partial charge on any atom is -0.498 e. The Bertz CT molecular complexity index is 1560. The maximum absolute atomic E-state index is 14.8. The van der Waals surface area contributed by atoms with Gasteiger partial charge in [0.25, 0.3) is 0 Å². The number of aromatic hydroxyl groups is 1. The smallest absolute Gasteiger partial charge is 0.416 e. The van der Waals surface area contributed by atoms with E-state index in [4.69, 9.17) is 19.4 Å². The summed E-state index contributed by atoms with van der Waals surface area (Å²) >= 11 is -1.75. The van der Waals surface area contributed by atoms with Crippen molar-refractivity contribution >= 4 is 29.7 Å². The summed E-state index contributed by atoms with van der Waals surface area (Å²) in [5.74, 6) is 1.13. The zero-order valence-corrected chi connectivity index (χ0v) is 29.8. The zero-order chi connectivity index (χ0) is 33.8. The van der Waals surface area contributed by atoms with Crippen LogP contribution in [0.25, 0.3) is 0 Å². The van der Waals surface area contributed by atoms with Crippen LogP contribution in [0.4, 0.5) is 23.2 Å². The first-order valence-corrected chi connectivity index (χ1v) is 20.5. The number of benzene rings is 3. The van der Waals surface area contributed by atoms with E-state index in [1.165, 1.54) is 18.2 Å². The number of hydrogen-bond acceptors (Lipinski definition) is 2. The third-order valence-corrected chi connectivity index (χ3v) is 9.46. The summed E-state index contributed by atoms with van der Waals surface area (Å²) < 4.78 is 60.7. The fourth-order valence-electron chi connectivity index (χ4n) is 5.56. The van der Waals surface area contributed by atoms with Crippen molar-refractivity contribution in [3.63, 3.8) is 0 Å². The molecule has 0 spiro atoms. The first-order chi connectivity index (χ1) is 21.7. The molecule has 46 heavy (non-hydrogen) atoms. The predicted molar refractivity (Wildman–Crippen MR) is 180 cm³/mol. The summed E-state index contributed by atoms with van der Waals surface area (Å²) in [7, 11) is 11.7. The summed E-state index contributed by atoms with van der Waals surface area (Å²) in [6, 6.07) is 18.7. The Labute approximate surface area is 283 Å². The van der Waals surface area contributed by atoms with E-state index in [0.29, 0.717) is 5.56 Å². The Morgan fingerprint density at radius 3 is 2.02 bits per heavy atom. The molecule has 1 fully saturated rings. The summed E-state index contributed by atoms with van der Waals surface area (Å²) in [6.45, 7) is 14.4. The SMILES string of the molecule is CC(C)[OH+]c1ccccc1[CH]=[Ru]([Cl])[Cl].CC(C)c1cccc(C(C)C)c1N1[CH-]C2C(F)=CC=CN2C1c1ccc(C(F)(F)F)cc1. The molecule has 1 saturated heterocycles. The van der Waals surface area contributed by atoms with E-state index in [9.17, 15) is 17.6 Å². The van der Waals surface area contributed by atoms with Crippen molar-refractivity contribution in [2.45, 2.75) is 77.9 Å². The minimum absolute atomic E-state index is 0.221. The zero-order valence-electron chi connectivity index (χ0n) is 26.6. The van der Waals surface area contributed by atoms with Gasteiger partial charge in [-0.05, 0) is 65.1 Å². The van der Waals surface area contributed by atoms with Gasteiger partial charge in [0.15, 0.2) is 0 Å². The molecule has 0 aliphatic carbocycles. The van der Waals surface area contributed by atoms with Gasteiger partial charge >= 0.3 is 104 Å². The van der Waals surface area contributed by atoms with E-state index in [2.05, 4.69) is 44.6 Å². The second-order valence-corrected chi connectivity index (χ2v) is 17.7. The van der Waals surface area contributed by atoms with Crippen molar-refractivity contribution in [2.75, 3.05) is 4.90 Å². The standard InChI is InChI=1S/C26H27F4N2.C10H12O.2ClH.Ru/c1-16(2)20-7-5-8-21(17(3)4)24(20)32-15-23-22(27)9-6-14-31(23)25(32)18-10-12-19(13-11-18)26(28,29)30;1-8(2)11-10-7-5-4-6-9(10)3;;;/h5-17,23,25H,1-4H3;3-8H,1-2H3;2*1H;/q-1;;;;+2/p-1. The summed E-state index contributed by atoms with van der Waals surface area (Å²) in [6.07, 6.45) is 0.295. The first-order valence-electron chi connectivity index (χ1n) is 15.1. The van der Waals surface area contributed by atoms with Crippen LogP contribution in [-0.2, 0) is 19.7 Å². The molecule has 0 radical (unpaired) electrons. The molecular weight excluding hydrogens is 724 g/mol. The number of hydrogen-bond donors (Lipinski definition) is 0. The topological polar surface area (TPSA) is 19.3 Å². The Morgan fingerprint density at radius 2 is 1.48 bits per heavy atom. The van der Waals surface area contributed by atoms with Crippen LogP contribution in [0.3, 0.4) is 0 Å². The van der Waals surface area contributed by atoms with Crippen molar-refractivity contribution in [2.24, 2.45) is 0 Å². The van der Waals surface area contributed by atoms with Crippen LogP contribution in [0.5, 0.6) is 5.75 Å². The molecule has 3 nitrogen and oxygen atoms in total. The summed E-state index contributed by atoms with van der Waals surface area (Å²) in [5.41, 5.74) is 4.26. The third kappa shape index (κ3) is 8.62. The molecule has 250 valence electrons. The molecule has 5 rings (SSSR count). The fraction of sp³-hybridized carbons (Fsp3) is 0.333. The van der Waals surface area contributed by atoms with E-state index in [1.807, 2.05) is 65.1 Å². The number of anilines is 1. The van der Waals surface area contributed by atoms with Gasteiger partial charge in [-0.2, -0.15) is 13.2 Å². The average Bonchev–Trinajstić information content (AvgIpc) is 3.38. The molecule has 3 aromatic carbocycles. The number of aliphatic hydroxyl groups is 1. The van der Waals surface area contributed by atoms with Crippen LogP contribution in [0, 0.1) is 6.54 Å². The summed E-state index contributed by atoms with van der Waals surface area (Å²) in [5, 5.41) is 0. The van der Waals surface area contributed by atoms with Crippen molar-refractivity contribution in [3.05, 3.63) is 125 Å². The molecule has 2 atom stereocenters. The monoisotopic (exact) mass is 764 g/mol. The molecule has 2 aliphatic rings. The molecule has 2 aliphatic heterocycles. The fourth-order valence-corrected chi connectivity index (χ4v) is 7.38. The second kappa shape index (κ2) is 15.5. The van der Waals surface area contributed by atoms with Crippen LogP contribution in [-0.4, -0.2) is 26.4 Å². The molecular formula is C36H40Cl2F4N2ORu. The molecule has 2 heterocycles. The van der Waals surface area contributed by atoms with E-state index < -0.39 is 37.5 Å². The normalized spacial score (nSPS) is 18.0. The van der Waals surface area contributed by atoms with Gasteiger partial charge in [0.1, 0.15) is 0 Å². The maximum atomic E-state index is 14.8. The van der Waals surface area contributed by atoms with Gasteiger partial charge in [-0.1, -0.05) is 58.0 Å². The number of ether oxygens (including phenoxy) is 1. The van der Waals surface area contributed by atoms with Crippen molar-refractivity contribution < 1.29 is 35.8 Å². The van der Waals surface area contributed by atoms with Gasteiger partial charge in [0.2, 0.25) is 0 Å². The van der Waals surface area contributed by atoms with Gasteiger partial charge in [0, 0.05) is 5.69 Å². The third-order valence-electron chi connectivity index (χ3n) is 7.62. The van der Waals surface area contributed by atoms with Crippen LogP contribution in [0.1, 0.15) is 87.4 Å². The van der Waals surface area contributed by atoms with Gasteiger partial charge in [0.05, 0.1) is 17.6 Å². The predicted octanol–water partition coefficient (Wildman–Crippen LogP) is 11.1. The molecule has 0 bridgehead atoms. The number of nitrogens with zero attached hydrogens (tertiary/aromatic N) is 2. The number of para-hydroxylation sites is 2. The molecule has 2 unspecified atom stereocenters. The first kappa shape index (κ1) is 36.2. The Balaban J connectivity index is 0.000000288. The average molecular weight is 765 g/mol. The number of halogens is 6. The van der Waals surface area contributed by atoms with E-state index in [0.717, 1.165) is 40.3 Å². The molecule has 0 amide bonds. The molecule has 0 aromatic heterocycles. The van der Waals surface area contributed by atoms with Gasteiger partial charge in [-0.25, -0.2) is 10.9 Å². The Morgan fingerprint density at radius 1 is 0.870 bits per heavy atom. The van der Waals surface area contributed by atoms with Gasteiger partial charge in [-0.3, -0.25) is 0 Å². The van der Waals surface area contributed by atoms with Crippen LogP contribution >= 0.6 is 19.4 Å². The molecule has 1 N–H and O–H groups in total. The van der Waals surface area contributed by atoms with Crippen molar-refractivity contribution in [3.8, 4) is 5.75 Å². The molecule has 3 aromatic rings. The van der Waals surface area contributed by atoms with Crippen molar-refractivity contribution in [1.82, 2.24) is 4.90 Å². The second-order valence-electron chi connectivity index (χ2n) is 12.0. The molecule has 0 saturated carbocycles. The largest absolute Gasteiger partial charge is 0.498 e. The maximum Gasteiger partial charge on any atom is 0.416 e. The Kier molecular flexibility index (Phi) is 12.2. The number of allylic oxidation sites excluding steroid dienone is 2. The Hall–Kier alpha value is -2.67. The van der Waals surface area contributed by atoms with Crippen LogP contribution in [0.15, 0.2) is 90.9 Å². The number of rotatable bonds is 7. The molecule has 10 heteroatoms. The van der Waals surface area contributed by atoms with E-state index in [-0.39, 0.29) is 23.8 Å². The minimum atomic E-state index is -4.41. The quantitative estimate of drug-likeness (QED) is 0.103. The van der Waals surface area contributed by atoms with E-state index in [1.54, 1.807) is 12.3 Å². The van der Waals surface area contributed by atoms with Gasteiger partial charge in [-0.15, -0.1) is 0 Å². The van der Waals surface area contributed by atoms with Crippen molar-refractivity contribution in [1.29, 1.82) is 0 Å². The van der Waals surface area contributed by atoms with Crippen LogP contribution in [0.2, 0.25) is 0 Å². The van der Waals surface area contributed by atoms with Crippen LogP contribution < -0.4 is 4.90 Å². The van der Waals surface area contributed by atoms with E-state index >= 15 is 0 Å². The number of alkyl halides is 3. The van der Waals surface area contributed by atoms with Gasteiger partial charge < -0.3 is 9.80 Å². The number of fused-ring (bicyclic) bond motifs is 1. The summed E-state index contributed by atoms with van der Waals surface area (Å²) in [4.78, 5) is 3.90.